The van der Waals surface area contributed by atoms with E-state index < -0.39 is 5.97 Å². The highest BCUT2D eigenvalue weighted by Gasteiger charge is 2.18. The molecule has 1 aliphatic rings. The first-order valence-corrected chi connectivity index (χ1v) is 8.43. The number of fused-ring (bicyclic) bond motifs is 2. The molecule has 0 fully saturated rings. The molecule has 1 aromatic carbocycles. The fraction of sp³-hybridized carbons (Fsp3) is 0.333. The molecule has 7 nitrogen and oxygen atoms in total. The van der Waals surface area contributed by atoms with E-state index in [1.165, 1.54) is 0 Å². The van der Waals surface area contributed by atoms with Gasteiger partial charge < -0.3 is 10.0 Å². The van der Waals surface area contributed by atoms with Crippen LogP contribution in [0.2, 0.25) is 0 Å². The van der Waals surface area contributed by atoms with Crippen molar-refractivity contribution in [1.29, 1.82) is 0 Å². The number of nitrogens with zero attached hydrogens (tertiary/aromatic N) is 5. The van der Waals surface area contributed by atoms with Crippen molar-refractivity contribution in [1.82, 2.24) is 19.7 Å². The highest BCUT2D eigenvalue weighted by Crippen LogP contribution is 2.21. The lowest BCUT2D eigenvalue weighted by Gasteiger charge is -2.20. The first-order valence-electron chi connectivity index (χ1n) is 8.43. The lowest BCUT2D eigenvalue weighted by Crippen LogP contribution is -2.23. The number of aryl methyl sites for hydroxylation is 2. The summed E-state index contributed by atoms with van der Waals surface area (Å²) in [6, 6.07) is 9.86. The second-order valence-corrected chi connectivity index (χ2v) is 6.24. The molecule has 7 heteroatoms. The molecule has 0 spiro atoms. The van der Waals surface area contributed by atoms with E-state index in [2.05, 4.69) is 15.0 Å². The second kappa shape index (κ2) is 6.51. The molecule has 1 aliphatic heterocycles. The average Bonchev–Trinajstić information content (AvgIpc) is 2.90. The molecule has 1 N–H and O–H groups in total. The van der Waals surface area contributed by atoms with Gasteiger partial charge in [-0.05, 0) is 24.6 Å². The second-order valence-electron chi connectivity index (χ2n) is 6.24. The fourth-order valence-corrected chi connectivity index (χ4v) is 3.17. The van der Waals surface area contributed by atoms with Gasteiger partial charge in [-0.3, -0.25) is 14.5 Å². The number of anilines is 1. The highest BCUT2D eigenvalue weighted by molar-refractivity contribution is 5.75. The first kappa shape index (κ1) is 15.6. The summed E-state index contributed by atoms with van der Waals surface area (Å²) >= 11 is 0. The predicted octanol–water partition coefficient (Wildman–Crippen LogP) is 2.25. The summed E-state index contributed by atoms with van der Waals surface area (Å²) in [4.78, 5) is 22.2. The van der Waals surface area contributed by atoms with E-state index in [0.29, 0.717) is 13.0 Å². The summed E-state index contributed by atoms with van der Waals surface area (Å²) in [5.74, 6) is 0.0664. The summed E-state index contributed by atoms with van der Waals surface area (Å²) in [6.07, 6.45) is 3.35. The lowest BCUT2D eigenvalue weighted by atomic mass is 10.2. The maximum atomic E-state index is 10.8. The summed E-state index contributed by atoms with van der Waals surface area (Å²) in [7, 11) is 0. The van der Waals surface area contributed by atoms with Crippen LogP contribution in [0.4, 0.5) is 5.82 Å². The number of hydrogen-bond acceptors (Lipinski definition) is 5. The fourth-order valence-electron chi connectivity index (χ4n) is 3.17. The zero-order valence-corrected chi connectivity index (χ0v) is 13.8. The van der Waals surface area contributed by atoms with E-state index in [0.717, 1.165) is 47.7 Å². The normalized spacial score (nSPS) is 14.3. The summed E-state index contributed by atoms with van der Waals surface area (Å²) in [5.41, 5.74) is 3.71. The molecule has 0 saturated heterocycles. The van der Waals surface area contributed by atoms with Gasteiger partial charge >= 0.3 is 5.97 Å². The summed E-state index contributed by atoms with van der Waals surface area (Å²) in [5, 5.41) is 13.4. The van der Waals surface area contributed by atoms with Gasteiger partial charge in [-0.1, -0.05) is 12.1 Å². The Morgan fingerprint density at radius 2 is 2.04 bits per heavy atom. The van der Waals surface area contributed by atoms with Crippen LogP contribution in [-0.2, 0) is 24.3 Å². The van der Waals surface area contributed by atoms with E-state index in [1.807, 2.05) is 41.2 Å². The average molecular weight is 337 g/mol. The maximum absolute atomic E-state index is 10.8. The van der Waals surface area contributed by atoms with Crippen LogP contribution in [0.1, 0.15) is 24.2 Å². The molecule has 0 unspecified atom stereocenters. The van der Waals surface area contributed by atoms with Crippen LogP contribution in [0.25, 0.3) is 11.0 Å². The molecule has 0 bridgehead atoms. The Kier molecular flexibility index (Phi) is 4.05. The van der Waals surface area contributed by atoms with Crippen molar-refractivity contribution in [2.45, 2.75) is 32.4 Å². The topological polar surface area (TPSA) is 84.1 Å². The van der Waals surface area contributed by atoms with Crippen molar-refractivity contribution >= 4 is 22.8 Å². The van der Waals surface area contributed by atoms with Gasteiger partial charge in [-0.2, -0.15) is 5.10 Å². The van der Waals surface area contributed by atoms with Crippen molar-refractivity contribution in [3.63, 3.8) is 0 Å². The minimum Gasteiger partial charge on any atom is -0.481 e. The smallest absolute Gasteiger partial charge is 0.303 e. The van der Waals surface area contributed by atoms with Crippen molar-refractivity contribution in [3.8, 4) is 0 Å². The lowest BCUT2D eigenvalue weighted by molar-refractivity contribution is -0.136. The summed E-state index contributed by atoms with van der Waals surface area (Å²) < 4.78 is 1.99. The standard InChI is InChI=1S/C18H19N5O2/c24-18(25)7-6-13-10-14-12-22(8-3-9-23(14)21-13)17-11-19-15-4-1-2-5-16(15)20-17/h1-2,4-5,10-11H,3,6-9,12H2,(H,24,25). The highest BCUT2D eigenvalue weighted by atomic mass is 16.4. The number of carboxylic acid groups (broad SMARTS) is 1. The zero-order valence-electron chi connectivity index (χ0n) is 13.8. The van der Waals surface area contributed by atoms with Gasteiger partial charge in [0.25, 0.3) is 0 Å². The van der Waals surface area contributed by atoms with Crippen LogP contribution in [0.15, 0.2) is 36.5 Å². The number of rotatable bonds is 4. The minimum atomic E-state index is -0.795. The number of para-hydroxylation sites is 2. The third-order valence-corrected chi connectivity index (χ3v) is 4.42. The van der Waals surface area contributed by atoms with Crippen LogP contribution < -0.4 is 4.90 Å². The van der Waals surface area contributed by atoms with E-state index in [1.54, 1.807) is 0 Å². The van der Waals surface area contributed by atoms with Crippen molar-refractivity contribution < 1.29 is 9.90 Å². The van der Waals surface area contributed by atoms with Gasteiger partial charge in [-0.25, -0.2) is 4.98 Å². The molecule has 0 saturated carbocycles. The number of carboxylic acids is 1. The molecule has 128 valence electrons. The molecule has 0 aliphatic carbocycles. The molecule has 0 radical (unpaired) electrons. The first-order chi connectivity index (χ1) is 12.2. The number of aliphatic carboxylic acids is 1. The minimum absolute atomic E-state index is 0.107. The van der Waals surface area contributed by atoms with Crippen LogP contribution in [0.3, 0.4) is 0 Å². The SMILES string of the molecule is O=C(O)CCc1cc2n(n1)CCCN(c1cnc3ccccc3n1)C2. The third-order valence-electron chi connectivity index (χ3n) is 4.42. The van der Waals surface area contributed by atoms with E-state index in [-0.39, 0.29) is 6.42 Å². The number of carbonyl (C=O) groups is 1. The van der Waals surface area contributed by atoms with Gasteiger partial charge in [0.1, 0.15) is 5.82 Å². The predicted molar refractivity (Wildman–Crippen MR) is 93.4 cm³/mol. The van der Waals surface area contributed by atoms with Gasteiger partial charge in [0.05, 0.1) is 41.6 Å². The Morgan fingerprint density at radius 1 is 1.20 bits per heavy atom. The molecule has 0 amide bonds. The Bertz CT molecular complexity index is 921. The van der Waals surface area contributed by atoms with Crippen LogP contribution >= 0.6 is 0 Å². The molecule has 3 aromatic rings. The van der Waals surface area contributed by atoms with Crippen molar-refractivity contribution in [2.24, 2.45) is 0 Å². The van der Waals surface area contributed by atoms with E-state index >= 15 is 0 Å². The Morgan fingerprint density at radius 3 is 2.88 bits per heavy atom. The van der Waals surface area contributed by atoms with Gasteiger partial charge in [0, 0.05) is 19.5 Å². The molecule has 4 rings (SSSR count). The van der Waals surface area contributed by atoms with Crippen LogP contribution in [-0.4, -0.2) is 37.4 Å². The largest absolute Gasteiger partial charge is 0.481 e. The van der Waals surface area contributed by atoms with Gasteiger partial charge in [0.15, 0.2) is 0 Å². The Balaban J connectivity index is 1.58. The number of hydrogen-bond donors (Lipinski definition) is 1. The number of aromatic nitrogens is 4. The Hall–Kier alpha value is -2.96. The zero-order chi connectivity index (χ0) is 17.2. The van der Waals surface area contributed by atoms with E-state index in [4.69, 9.17) is 10.1 Å². The Labute approximate surface area is 144 Å². The van der Waals surface area contributed by atoms with Crippen LogP contribution in [0.5, 0.6) is 0 Å². The number of benzene rings is 1. The third kappa shape index (κ3) is 3.31. The summed E-state index contributed by atoms with van der Waals surface area (Å²) in [6.45, 7) is 2.42. The molecule has 0 atom stereocenters. The monoisotopic (exact) mass is 337 g/mol. The quantitative estimate of drug-likeness (QED) is 0.786. The van der Waals surface area contributed by atoms with Crippen LogP contribution in [0, 0.1) is 0 Å². The molecular formula is C18H19N5O2. The van der Waals surface area contributed by atoms with Gasteiger partial charge in [0.2, 0.25) is 0 Å². The van der Waals surface area contributed by atoms with Crippen molar-refractivity contribution in [3.05, 3.63) is 47.9 Å². The maximum Gasteiger partial charge on any atom is 0.303 e. The molecule has 25 heavy (non-hydrogen) atoms. The molecule has 3 heterocycles. The molecular weight excluding hydrogens is 318 g/mol. The van der Waals surface area contributed by atoms with Crippen molar-refractivity contribution in [2.75, 3.05) is 11.4 Å². The van der Waals surface area contributed by atoms with E-state index in [9.17, 15) is 4.79 Å². The molecule has 2 aromatic heterocycles. The van der Waals surface area contributed by atoms with Gasteiger partial charge in [-0.15, -0.1) is 0 Å².